The van der Waals surface area contributed by atoms with Gasteiger partial charge in [-0.05, 0) is 49.6 Å². The smallest absolute Gasteiger partial charge is 0.313 e. The van der Waals surface area contributed by atoms with Gasteiger partial charge in [-0.1, -0.05) is 54.6 Å². The number of halogens is 1. The number of rotatable bonds is 9. The molecule has 0 saturated heterocycles. The molecule has 2 atom stereocenters. The average molecular weight is 515 g/mol. The van der Waals surface area contributed by atoms with Gasteiger partial charge in [-0.25, -0.2) is 14.9 Å². The number of hydrogen-bond donors (Lipinski definition) is 2. The van der Waals surface area contributed by atoms with Gasteiger partial charge >= 0.3 is 5.97 Å². The monoisotopic (exact) mass is 514 g/mol. The third-order valence-corrected chi connectivity index (χ3v) is 6.95. The summed E-state index contributed by atoms with van der Waals surface area (Å²) in [6.45, 7) is 1.96. The summed E-state index contributed by atoms with van der Waals surface area (Å²) in [5.74, 6) is -2.43. The second kappa shape index (κ2) is 10.6. The van der Waals surface area contributed by atoms with Crippen molar-refractivity contribution in [3.63, 3.8) is 0 Å². The molecule has 3 aromatic carbocycles. The largest absolute Gasteiger partial charge is 0.486 e. The minimum atomic E-state index is -1.12. The molecule has 0 radical (unpaired) electrons. The van der Waals surface area contributed by atoms with Crippen molar-refractivity contribution < 1.29 is 28.7 Å². The highest BCUT2D eigenvalue weighted by molar-refractivity contribution is 5.93. The van der Waals surface area contributed by atoms with E-state index in [1.807, 2.05) is 60.7 Å². The molecule has 7 nitrogen and oxygen atoms in total. The number of fused-ring (bicyclic) bond motifs is 1. The SMILES string of the molecule is CCOC(=O)C1(Cc2ccc(OCc3cc(-c4ccccc4)nc4ccccc34)c(F)c2)CC1C(=O)NO. The van der Waals surface area contributed by atoms with Gasteiger partial charge < -0.3 is 9.47 Å². The molecule has 1 aliphatic rings. The number of carbonyl (C=O) groups excluding carboxylic acids is 2. The van der Waals surface area contributed by atoms with Crippen LogP contribution < -0.4 is 10.2 Å². The van der Waals surface area contributed by atoms with Gasteiger partial charge in [-0.15, -0.1) is 0 Å². The van der Waals surface area contributed by atoms with Gasteiger partial charge in [0.05, 0.1) is 29.2 Å². The number of benzene rings is 3. The zero-order chi connectivity index (χ0) is 26.7. The van der Waals surface area contributed by atoms with E-state index in [0.717, 1.165) is 27.7 Å². The van der Waals surface area contributed by atoms with Gasteiger partial charge in [-0.2, -0.15) is 0 Å². The first-order valence-electron chi connectivity index (χ1n) is 12.4. The third kappa shape index (κ3) is 4.95. The Balaban J connectivity index is 1.36. The number of esters is 1. The second-order valence-electron chi connectivity index (χ2n) is 9.39. The van der Waals surface area contributed by atoms with Crippen LogP contribution in [0.3, 0.4) is 0 Å². The van der Waals surface area contributed by atoms with Crippen molar-refractivity contribution >= 4 is 22.8 Å². The number of hydrogen-bond acceptors (Lipinski definition) is 6. The minimum Gasteiger partial charge on any atom is -0.486 e. The van der Waals surface area contributed by atoms with E-state index in [-0.39, 0.29) is 31.8 Å². The number of nitrogens with zero attached hydrogens (tertiary/aromatic N) is 1. The molecule has 0 spiro atoms. The zero-order valence-corrected chi connectivity index (χ0v) is 20.8. The fourth-order valence-corrected chi connectivity index (χ4v) is 4.91. The van der Waals surface area contributed by atoms with E-state index >= 15 is 4.39 Å². The maximum atomic E-state index is 15.1. The summed E-state index contributed by atoms with van der Waals surface area (Å²) in [7, 11) is 0. The molecule has 0 aliphatic heterocycles. The van der Waals surface area contributed by atoms with E-state index in [1.54, 1.807) is 18.5 Å². The molecule has 0 bridgehead atoms. The Kier molecular flexibility index (Phi) is 7.07. The molecule has 1 aromatic heterocycles. The lowest BCUT2D eigenvalue weighted by molar-refractivity contribution is -0.152. The Morgan fingerprint density at radius 3 is 2.58 bits per heavy atom. The first kappa shape index (κ1) is 25.4. The fraction of sp³-hybridized carbons (Fsp3) is 0.233. The van der Waals surface area contributed by atoms with Crippen LogP contribution in [0.4, 0.5) is 4.39 Å². The number of nitrogens with one attached hydrogen (secondary N) is 1. The summed E-state index contributed by atoms with van der Waals surface area (Å²) in [5.41, 5.74) is 4.46. The van der Waals surface area contributed by atoms with Gasteiger partial charge in [0.25, 0.3) is 0 Å². The van der Waals surface area contributed by atoms with Gasteiger partial charge in [0.15, 0.2) is 11.6 Å². The Bertz CT molecular complexity index is 1490. The van der Waals surface area contributed by atoms with E-state index in [4.69, 9.17) is 19.7 Å². The Hall–Kier alpha value is -4.30. The average Bonchev–Trinajstić information content (AvgIpc) is 3.67. The van der Waals surface area contributed by atoms with E-state index in [2.05, 4.69) is 0 Å². The van der Waals surface area contributed by atoms with E-state index < -0.39 is 29.0 Å². The molecule has 1 aliphatic carbocycles. The molecule has 194 valence electrons. The van der Waals surface area contributed by atoms with Crippen molar-refractivity contribution in [3.05, 3.63) is 95.8 Å². The van der Waals surface area contributed by atoms with Crippen LogP contribution >= 0.6 is 0 Å². The summed E-state index contributed by atoms with van der Waals surface area (Å²) < 4.78 is 26.2. The van der Waals surface area contributed by atoms with Crippen molar-refractivity contribution in [3.8, 4) is 17.0 Å². The highest BCUT2D eigenvalue weighted by atomic mass is 19.1. The third-order valence-electron chi connectivity index (χ3n) is 6.95. The molecule has 38 heavy (non-hydrogen) atoms. The van der Waals surface area contributed by atoms with Crippen LogP contribution in [-0.4, -0.2) is 28.7 Å². The van der Waals surface area contributed by atoms with E-state index in [9.17, 15) is 9.59 Å². The number of carbonyl (C=O) groups is 2. The molecular formula is C30H27FN2O5. The normalized spacial score (nSPS) is 18.1. The maximum absolute atomic E-state index is 15.1. The lowest BCUT2D eigenvalue weighted by atomic mass is 9.93. The predicted octanol–water partition coefficient (Wildman–Crippen LogP) is 5.24. The number of ether oxygens (including phenoxy) is 2. The summed E-state index contributed by atoms with van der Waals surface area (Å²) in [6.07, 6.45) is 0.327. The summed E-state index contributed by atoms with van der Waals surface area (Å²) in [4.78, 5) is 29.3. The van der Waals surface area contributed by atoms with Crippen molar-refractivity contribution in [1.29, 1.82) is 0 Å². The van der Waals surface area contributed by atoms with Crippen LogP contribution in [0.1, 0.15) is 24.5 Å². The molecule has 4 aromatic rings. The molecule has 1 fully saturated rings. The Morgan fingerprint density at radius 2 is 1.84 bits per heavy atom. The standard InChI is InChI=1S/C30H27FN2O5/c1-2-37-29(35)30(17-23(30)28(34)33-36)16-19-12-13-27(24(31)14-19)38-18-21-15-26(20-8-4-3-5-9-20)32-25-11-7-6-10-22(21)25/h3-15,23,36H,2,16-18H2,1H3,(H,33,34). The van der Waals surface area contributed by atoms with Gasteiger partial charge in [0, 0.05) is 16.5 Å². The second-order valence-corrected chi connectivity index (χ2v) is 9.39. The molecule has 8 heteroatoms. The first-order valence-corrected chi connectivity index (χ1v) is 12.4. The van der Waals surface area contributed by atoms with E-state index in [1.165, 1.54) is 12.1 Å². The molecule has 2 unspecified atom stereocenters. The predicted molar refractivity (Wildman–Crippen MR) is 139 cm³/mol. The summed E-state index contributed by atoms with van der Waals surface area (Å²) in [5, 5.41) is 9.92. The van der Waals surface area contributed by atoms with Crippen LogP contribution in [0.15, 0.2) is 78.9 Å². The number of hydroxylamine groups is 1. The van der Waals surface area contributed by atoms with Crippen LogP contribution in [0, 0.1) is 17.2 Å². The summed E-state index contributed by atoms with van der Waals surface area (Å²) in [6, 6.07) is 24.0. The Morgan fingerprint density at radius 1 is 1.08 bits per heavy atom. The number of pyridine rings is 1. The van der Waals surface area contributed by atoms with Crippen molar-refractivity contribution in [1.82, 2.24) is 10.5 Å². The fourth-order valence-electron chi connectivity index (χ4n) is 4.91. The maximum Gasteiger partial charge on any atom is 0.313 e. The Labute approximate surface area is 219 Å². The van der Waals surface area contributed by atoms with Crippen molar-refractivity contribution in [2.24, 2.45) is 11.3 Å². The minimum absolute atomic E-state index is 0.0709. The lowest BCUT2D eigenvalue weighted by Crippen LogP contribution is -2.30. The number of aromatic nitrogens is 1. The topological polar surface area (TPSA) is 97.8 Å². The van der Waals surface area contributed by atoms with Crippen LogP contribution in [0.5, 0.6) is 5.75 Å². The van der Waals surface area contributed by atoms with E-state index in [0.29, 0.717) is 5.56 Å². The lowest BCUT2D eigenvalue weighted by Gasteiger charge is -2.16. The van der Waals surface area contributed by atoms with Gasteiger partial charge in [0.2, 0.25) is 5.91 Å². The van der Waals surface area contributed by atoms with Gasteiger partial charge in [-0.3, -0.25) is 14.8 Å². The highest BCUT2D eigenvalue weighted by Gasteiger charge is 2.64. The van der Waals surface area contributed by atoms with Crippen molar-refractivity contribution in [2.75, 3.05) is 6.61 Å². The molecule has 1 amide bonds. The molecular weight excluding hydrogens is 487 g/mol. The number of para-hydroxylation sites is 1. The molecule has 5 rings (SSSR count). The summed E-state index contributed by atoms with van der Waals surface area (Å²) >= 11 is 0. The molecule has 1 heterocycles. The first-order chi connectivity index (χ1) is 18.4. The van der Waals surface area contributed by atoms with Crippen LogP contribution in [-0.2, 0) is 27.4 Å². The molecule has 1 saturated carbocycles. The van der Waals surface area contributed by atoms with Gasteiger partial charge in [0.1, 0.15) is 6.61 Å². The van der Waals surface area contributed by atoms with Crippen LogP contribution in [0.25, 0.3) is 22.2 Å². The highest BCUT2D eigenvalue weighted by Crippen LogP contribution is 2.56. The molecule has 2 N–H and O–H groups in total. The quantitative estimate of drug-likeness (QED) is 0.180. The van der Waals surface area contributed by atoms with Crippen molar-refractivity contribution in [2.45, 2.75) is 26.4 Å². The van der Waals surface area contributed by atoms with Crippen LogP contribution in [0.2, 0.25) is 0 Å². The number of amides is 1. The zero-order valence-electron chi connectivity index (χ0n) is 20.8.